The van der Waals surface area contributed by atoms with Gasteiger partial charge in [-0.3, -0.25) is 9.59 Å². The third kappa shape index (κ3) is 3.73. The lowest BCUT2D eigenvalue weighted by molar-refractivity contribution is 0.0729. The van der Waals surface area contributed by atoms with Crippen LogP contribution in [0.5, 0.6) is 5.88 Å². The van der Waals surface area contributed by atoms with Gasteiger partial charge in [-0.1, -0.05) is 6.07 Å². The minimum Gasteiger partial charge on any atom is -0.481 e. The molecular formula is C21H19FN4O3. The van der Waals surface area contributed by atoms with Crippen molar-refractivity contribution in [2.45, 2.75) is 18.9 Å². The SMILES string of the molecule is COc1ncccc1-c1cc(=O)[nH]c([C@@H]2CCCN2C(=O)c2cccc(F)c2)n1. The molecule has 7 nitrogen and oxygen atoms in total. The maximum Gasteiger partial charge on any atom is 0.254 e. The van der Waals surface area contributed by atoms with Crippen LogP contribution in [0.2, 0.25) is 0 Å². The molecule has 1 aromatic carbocycles. The number of amides is 1. The second-order valence-corrected chi connectivity index (χ2v) is 6.74. The molecule has 8 heteroatoms. The number of hydrogen-bond donors (Lipinski definition) is 1. The van der Waals surface area contributed by atoms with Gasteiger partial charge in [0, 0.05) is 24.4 Å². The highest BCUT2D eigenvalue weighted by molar-refractivity contribution is 5.94. The molecule has 1 N–H and O–H groups in total. The number of likely N-dealkylation sites (tertiary alicyclic amines) is 1. The van der Waals surface area contributed by atoms with Crippen molar-refractivity contribution in [3.63, 3.8) is 0 Å². The zero-order chi connectivity index (χ0) is 20.4. The summed E-state index contributed by atoms with van der Waals surface area (Å²) >= 11 is 0. The number of ether oxygens (including phenoxy) is 1. The number of nitrogens with one attached hydrogen (secondary N) is 1. The average molecular weight is 394 g/mol. The summed E-state index contributed by atoms with van der Waals surface area (Å²) in [6.45, 7) is 0.504. The van der Waals surface area contributed by atoms with Crippen LogP contribution in [-0.4, -0.2) is 39.4 Å². The zero-order valence-electron chi connectivity index (χ0n) is 15.8. The lowest BCUT2D eigenvalue weighted by atomic mass is 10.1. The minimum atomic E-state index is -0.469. The molecule has 1 atom stereocenters. The molecule has 1 saturated heterocycles. The number of carbonyl (C=O) groups is 1. The van der Waals surface area contributed by atoms with E-state index in [9.17, 15) is 14.0 Å². The molecule has 148 valence electrons. The van der Waals surface area contributed by atoms with Gasteiger partial charge in [0.1, 0.15) is 11.6 Å². The number of halogens is 1. The van der Waals surface area contributed by atoms with Crippen LogP contribution in [0.1, 0.15) is 35.1 Å². The highest BCUT2D eigenvalue weighted by Crippen LogP contribution is 2.32. The lowest BCUT2D eigenvalue weighted by Gasteiger charge is -2.24. The van der Waals surface area contributed by atoms with Crippen LogP contribution in [0.15, 0.2) is 53.5 Å². The summed E-state index contributed by atoms with van der Waals surface area (Å²) in [5.74, 6) is -0.0147. The van der Waals surface area contributed by atoms with Crippen molar-refractivity contribution < 1.29 is 13.9 Å². The fourth-order valence-electron chi connectivity index (χ4n) is 3.60. The molecule has 0 aliphatic carbocycles. The molecule has 4 rings (SSSR count). The molecule has 0 radical (unpaired) electrons. The van der Waals surface area contributed by atoms with Crippen LogP contribution in [0.4, 0.5) is 4.39 Å². The Kier molecular flexibility index (Phi) is 5.07. The number of carbonyl (C=O) groups excluding carboxylic acids is 1. The Morgan fingerprint density at radius 3 is 2.93 bits per heavy atom. The van der Waals surface area contributed by atoms with Gasteiger partial charge >= 0.3 is 0 Å². The third-order valence-electron chi connectivity index (χ3n) is 4.90. The molecule has 1 amide bonds. The van der Waals surface area contributed by atoms with Crippen molar-refractivity contribution in [3.05, 3.63) is 76.2 Å². The number of rotatable bonds is 4. The topological polar surface area (TPSA) is 88.2 Å². The van der Waals surface area contributed by atoms with Crippen LogP contribution < -0.4 is 10.3 Å². The van der Waals surface area contributed by atoms with Gasteiger partial charge in [-0.15, -0.1) is 0 Å². The molecule has 1 fully saturated rings. The van der Waals surface area contributed by atoms with E-state index in [1.54, 1.807) is 29.3 Å². The highest BCUT2D eigenvalue weighted by atomic mass is 19.1. The maximum absolute atomic E-state index is 13.6. The number of pyridine rings is 1. The Morgan fingerprint density at radius 2 is 2.14 bits per heavy atom. The zero-order valence-corrected chi connectivity index (χ0v) is 15.8. The monoisotopic (exact) mass is 394 g/mol. The van der Waals surface area contributed by atoms with E-state index in [1.165, 1.54) is 31.4 Å². The fraction of sp³-hybridized carbons (Fsp3) is 0.238. The van der Waals surface area contributed by atoms with Gasteiger partial charge in [-0.2, -0.15) is 0 Å². The van der Waals surface area contributed by atoms with Gasteiger partial charge in [-0.05, 0) is 43.2 Å². The number of nitrogens with zero attached hydrogens (tertiary/aromatic N) is 3. The predicted molar refractivity (Wildman–Crippen MR) is 104 cm³/mol. The van der Waals surface area contributed by atoms with Gasteiger partial charge in [0.15, 0.2) is 0 Å². The van der Waals surface area contributed by atoms with Gasteiger partial charge in [0.05, 0.1) is 24.4 Å². The Balaban J connectivity index is 1.71. The average Bonchev–Trinajstić information content (AvgIpc) is 3.22. The summed E-state index contributed by atoms with van der Waals surface area (Å²) in [7, 11) is 1.50. The summed E-state index contributed by atoms with van der Waals surface area (Å²) < 4.78 is 18.8. The lowest BCUT2D eigenvalue weighted by Crippen LogP contribution is -2.32. The van der Waals surface area contributed by atoms with Gasteiger partial charge in [0.25, 0.3) is 11.5 Å². The Morgan fingerprint density at radius 1 is 1.28 bits per heavy atom. The van der Waals surface area contributed by atoms with Gasteiger partial charge < -0.3 is 14.6 Å². The van der Waals surface area contributed by atoms with Crippen LogP contribution in [-0.2, 0) is 0 Å². The molecule has 1 aliphatic heterocycles. The van der Waals surface area contributed by atoms with E-state index >= 15 is 0 Å². The second kappa shape index (κ2) is 7.83. The fourth-order valence-corrected chi connectivity index (χ4v) is 3.60. The number of H-pyrrole nitrogens is 1. The molecule has 2 aromatic heterocycles. The van der Waals surface area contributed by atoms with Crippen LogP contribution in [0, 0.1) is 5.82 Å². The van der Waals surface area contributed by atoms with Crippen molar-refractivity contribution in [1.29, 1.82) is 0 Å². The summed E-state index contributed by atoms with van der Waals surface area (Å²) in [5, 5.41) is 0. The van der Waals surface area contributed by atoms with Crippen molar-refractivity contribution >= 4 is 5.91 Å². The van der Waals surface area contributed by atoms with E-state index in [4.69, 9.17) is 4.74 Å². The first-order valence-corrected chi connectivity index (χ1v) is 9.24. The van der Waals surface area contributed by atoms with Gasteiger partial charge in [0.2, 0.25) is 5.88 Å². The Bertz CT molecular complexity index is 1110. The highest BCUT2D eigenvalue weighted by Gasteiger charge is 2.32. The van der Waals surface area contributed by atoms with Crippen LogP contribution >= 0.6 is 0 Å². The summed E-state index contributed by atoms with van der Waals surface area (Å²) in [4.78, 5) is 38.4. The predicted octanol–water partition coefficient (Wildman–Crippen LogP) is 2.96. The normalized spacial score (nSPS) is 16.1. The van der Waals surface area contributed by atoms with E-state index < -0.39 is 11.9 Å². The summed E-state index contributed by atoms with van der Waals surface area (Å²) in [6, 6.07) is 10.1. The first-order chi connectivity index (χ1) is 14.1. The standard InChI is InChI=1S/C21H19FN4O3/c1-29-20-15(7-3-9-23-20)16-12-18(27)25-19(24-16)17-8-4-10-26(17)21(28)13-5-2-6-14(22)11-13/h2-3,5-7,9,11-12,17H,4,8,10H2,1H3,(H,24,25,27)/t17-/m0/s1. The van der Waals surface area contributed by atoms with Crippen molar-refractivity contribution in [2.24, 2.45) is 0 Å². The minimum absolute atomic E-state index is 0.268. The molecule has 0 bridgehead atoms. The van der Waals surface area contributed by atoms with Crippen LogP contribution in [0.25, 0.3) is 11.3 Å². The number of aromatic amines is 1. The molecule has 0 saturated carbocycles. The molecule has 3 heterocycles. The van der Waals surface area contributed by atoms with E-state index in [-0.39, 0.29) is 17.0 Å². The Labute approximate surface area is 166 Å². The molecule has 1 aliphatic rings. The van der Waals surface area contributed by atoms with E-state index in [0.717, 1.165) is 6.42 Å². The number of benzene rings is 1. The second-order valence-electron chi connectivity index (χ2n) is 6.74. The van der Waals surface area contributed by atoms with Crippen molar-refractivity contribution in [2.75, 3.05) is 13.7 Å². The van der Waals surface area contributed by atoms with Crippen molar-refractivity contribution in [3.8, 4) is 17.1 Å². The smallest absolute Gasteiger partial charge is 0.254 e. The number of methoxy groups -OCH3 is 1. The third-order valence-corrected chi connectivity index (χ3v) is 4.90. The number of aromatic nitrogens is 3. The first kappa shape index (κ1) is 18.8. The van der Waals surface area contributed by atoms with E-state index in [1.807, 2.05) is 0 Å². The number of hydrogen-bond acceptors (Lipinski definition) is 5. The van der Waals surface area contributed by atoms with E-state index in [0.29, 0.717) is 35.9 Å². The molecule has 0 spiro atoms. The quantitative estimate of drug-likeness (QED) is 0.735. The molecule has 3 aromatic rings. The largest absolute Gasteiger partial charge is 0.481 e. The van der Waals surface area contributed by atoms with Crippen LogP contribution in [0.3, 0.4) is 0 Å². The molecule has 0 unspecified atom stereocenters. The maximum atomic E-state index is 13.6. The summed E-state index contributed by atoms with van der Waals surface area (Å²) in [6.07, 6.45) is 3.00. The summed E-state index contributed by atoms with van der Waals surface area (Å²) in [5.41, 5.74) is 0.937. The van der Waals surface area contributed by atoms with E-state index in [2.05, 4.69) is 15.0 Å². The van der Waals surface area contributed by atoms with Crippen molar-refractivity contribution in [1.82, 2.24) is 19.9 Å². The Hall–Kier alpha value is -3.55. The molecular weight excluding hydrogens is 375 g/mol. The molecule has 29 heavy (non-hydrogen) atoms. The first-order valence-electron chi connectivity index (χ1n) is 9.24. The van der Waals surface area contributed by atoms with Gasteiger partial charge in [-0.25, -0.2) is 14.4 Å².